The molecule has 3 amide bonds. The van der Waals surface area contributed by atoms with E-state index in [4.69, 9.17) is 9.47 Å². The SMILES string of the molecule is COC[C@@]1(F)CC(C(=O)NCc2cc3cnccc3[nH]2)N(C(=O)CNC(=O)c2ccc3c(c2)Oc2ccccc2S3)C1. The van der Waals surface area contributed by atoms with Crippen LogP contribution in [0, 0.1) is 0 Å². The second kappa shape index (κ2) is 11.5. The summed E-state index contributed by atoms with van der Waals surface area (Å²) in [6.45, 7) is -0.834. The van der Waals surface area contributed by atoms with Crippen LogP contribution in [-0.4, -0.2) is 71.1 Å². The number of halogens is 1. The van der Waals surface area contributed by atoms with E-state index in [-0.39, 0.29) is 26.1 Å². The fourth-order valence-electron chi connectivity index (χ4n) is 5.25. The number of para-hydroxylation sites is 1. The van der Waals surface area contributed by atoms with Gasteiger partial charge in [0.1, 0.15) is 17.5 Å². The van der Waals surface area contributed by atoms with Crippen molar-refractivity contribution in [1.82, 2.24) is 25.5 Å². The van der Waals surface area contributed by atoms with Crippen LogP contribution in [0.3, 0.4) is 0 Å². The number of aromatic amines is 1. The van der Waals surface area contributed by atoms with Crippen LogP contribution in [0.5, 0.6) is 11.5 Å². The van der Waals surface area contributed by atoms with Gasteiger partial charge in [-0.3, -0.25) is 19.4 Å². The Morgan fingerprint density at radius 2 is 1.98 bits per heavy atom. The number of methoxy groups -OCH3 is 1. The van der Waals surface area contributed by atoms with E-state index >= 15 is 4.39 Å². The van der Waals surface area contributed by atoms with Gasteiger partial charge in [0.15, 0.2) is 5.67 Å². The summed E-state index contributed by atoms with van der Waals surface area (Å²) in [4.78, 5) is 49.7. The number of likely N-dealkylation sites (tertiary alicyclic amines) is 1. The van der Waals surface area contributed by atoms with Crippen molar-refractivity contribution < 1.29 is 28.2 Å². The number of fused-ring (bicyclic) bond motifs is 3. The number of aromatic nitrogens is 2. The Balaban J connectivity index is 1.10. The Labute approximate surface area is 245 Å². The van der Waals surface area contributed by atoms with Gasteiger partial charge in [0.05, 0.1) is 36.0 Å². The Morgan fingerprint density at radius 3 is 2.81 bits per heavy atom. The van der Waals surface area contributed by atoms with Gasteiger partial charge in [0.2, 0.25) is 11.8 Å². The zero-order valence-corrected chi connectivity index (χ0v) is 23.5. The molecule has 4 aromatic rings. The highest BCUT2D eigenvalue weighted by Crippen LogP contribution is 2.46. The quantitative estimate of drug-likeness (QED) is 0.251. The van der Waals surface area contributed by atoms with Crippen LogP contribution >= 0.6 is 11.8 Å². The van der Waals surface area contributed by atoms with E-state index in [1.54, 1.807) is 42.4 Å². The molecule has 0 saturated carbocycles. The standard InChI is InChI=1S/C30H28FN5O5S/c1-40-17-30(31)12-22(29(39)33-14-20-10-19-13-32-9-8-21(19)35-20)36(16-30)27(37)15-34-28(38)18-6-7-26-24(11-18)41-23-4-2-3-5-25(23)42-26/h2-11,13,22,35H,12,14-17H2,1H3,(H,33,39)(H,34,38)/t22?,30-/m1/s1. The average molecular weight is 590 g/mol. The van der Waals surface area contributed by atoms with Crippen molar-refractivity contribution >= 4 is 40.4 Å². The van der Waals surface area contributed by atoms with E-state index in [9.17, 15) is 14.4 Å². The number of pyridine rings is 1. The number of benzene rings is 2. The number of nitrogens with one attached hydrogen (secondary N) is 3. The lowest BCUT2D eigenvalue weighted by Crippen LogP contribution is -2.49. The number of hydrogen-bond donors (Lipinski definition) is 3. The summed E-state index contributed by atoms with van der Waals surface area (Å²) in [6.07, 6.45) is 3.15. The van der Waals surface area contributed by atoms with Crippen LogP contribution < -0.4 is 15.4 Å². The highest BCUT2D eigenvalue weighted by Gasteiger charge is 2.49. The third kappa shape index (κ3) is 5.68. The normalized spacial score (nSPS) is 19.1. The molecular weight excluding hydrogens is 561 g/mol. The van der Waals surface area contributed by atoms with Gasteiger partial charge in [0, 0.05) is 48.1 Å². The molecule has 0 radical (unpaired) electrons. The van der Waals surface area contributed by atoms with Crippen LogP contribution in [-0.2, 0) is 20.9 Å². The van der Waals surface area contributed by atoms with Crippen LogP contribution in [0.15, 0.2) is 76.8 Å². The summed E-state index contributed by atoms with van der Waals surface area (Å²) >= 11 is 1.54. The average Bonchev–Trinajstić information content (AvgIpc) is 3.58. The predicted molar refractivity (Wildman–Crippen MR) is 153 cm³/mol. The number of carbonyl (C=O) groups is 3. The Bertz CT molecular complexity index is 1650. The second-order valence-electron chi connectivity index (χ2n) is 10.3. The van der Waals surface area contributed by atoms with E-state index in [2.05, 4.69) is 20.6 Å². The van der Waals surface area contributed by atoms with E-state index in [1.807, 2.05) is 36.4 Å². The topological polar surface area (TPSA) is 126 Å². The first kappa shape index (κ1) is 27.7. The lowest BCUT2D eigenvalue weighted by molar-refractivity contribution is -0.137. The van der Waals surface area contributed by atoms with Crippen molar-refractivity contribution in [2.75, 3.05) is 26.8 Å². The minimum atomic E-state index is -1.90. The highest BCUT2D eigenvalue weighted by molar-refractivity contribution is 7.99. The lowest BCUT2D eigenvalue weighted by Gasteiger charge is -2.24. The monoisotopic (exact) mass is 589 g/mol. The molecule has 1 unspecified atom stereocenters. The Hall–Kier alpha value is -4.42. The van der Waals surface area contributed by atoms with Crippen LogP contribution in [0.2, 0.25) is 0 Å². The van der Waals surface area contributed by atoms with Gasteiger partial charge in [-0.1, -0.05) is 23.9 Å². The molecule has 4 heterocycles. The number of rotatable bonds is 8. The summed E-state index contributed by atoms with van der Waals surface area (Å²) < 4.78 is 26.5. The highest BCUT2D eigenvalue weighted by atomic mass is 32.2. The predicted octanol–water partition coefficient (Wildman–Crippen LogP) is 3.82. The summed E-state index contributed by atoms with van der Waals surface area (Å²) in [5.74, 6) is -0.313. The summed E-state index contributed by atoms with van der Waals surface area (Å²) in [5.41, 5.74) is 0.0332. The van der Waals surface area contributed by atoms with E-state index in [1.165, 1.54) is 12.0 Å². The molecule has 42 heavy (non-hydrogen) atoms. The number of amides is 3. The molecule has 0 aliphatic carbocycles. The molecule has 0 bridgehead atoms. The van der Waals surface area contributed by atoms with Crippen molar-refractivity contribution in [1.29, 1.82) is 0 Å². The molecule has 0 spiro atoms. The molecule has 2 aliphatic heterocycles. The van der Waals surface area contributed by atoms with Gasteiger partial charge in [-0.2, -0.15) is 0 Å². The third-order valence-corrected chi connectivity index (χ3v) is 8.35. The number of nitrogens with zero attached hydrogens (tertiary/aromatic N) is 2. The molecule has 12 heteroatoms. The minimum Gasteiger partial charge on any atom is -0.455 e. The molecule has 2 aromatic carbocycles. The first-order chi connectivity index (χ1) is 20.3. The Kier molecular flexibility index (Phi) is 7.56. The van der Waals surface area contributed by atoms with E-state index < -0.39 is 36.0 Å². The molecule has 1 saturated heterocycles. The van der Waals surface area contributed by atoms with Gasteiger partial charge in [-0.25, -0.2) is 4.39 Å². The first-order valence-corrected chi connectivity index (χ1v) is 14.2. The van der Waals surface area contributed by atoms with Gasteiger partial charge in [-0.05, 0) is 42.5 Å². The molecule has 216 valence electrons. The number of ether oxygens (including phenoxy) is 2. The molecule has 2 aliphatic rings. The fourth-order valence-corrected chi connectivity index (χ4v) is 6.18. The summed E-state index contributed by atoms with van der Waals surface area (Å²) in [6, 6.07) is 15.3. The maximum Gasteiger partial charge on any atom is 0.251 e. The molecule has 2 atom stereocenters. The van der Waals surface area contributed by atoms with E-state index in [0.29, 0.717) is 17.1 Å². The summed E-state index contributed by atoms with van der Waals surface area (Å²) in [5, 5.41) is 6.30. The maximum atomic E-state index is 15.6. The number of H-pyrrole nitrogens is 1. The molecular formula is C30H28FN5O5S. The van der Waals surface area contributed by atoms with Crippen molar-refractivity contribution in [2.24, 2.45) is 0 Å². The zero-order valence-electron chi connectivity index (χ0n) is 22.7. The molecule has 2 aromatic heterocycles. The van der Waals surface area contributed by atoms with E-state index in [0.717, 1.165) is 26.4 Å². The van der Waals surface area contributed by atoms with Crippen molar-refractivity contribution in [2.45, 2.75) is 34.5 Å². The second-order valence-corrected chi connectivity index (χ2v) is 11.4. The van der Waals surface area contributed by atoms with Crippen LogP contribution in [0.1, 0.15) is 22.5 Å². The van der Waals surface area contributed by atoms with Crippen LogP contribution in [0.25, 0.3) is 10.9 Å². The lowest BCUT2D eigenvalue weighted by atomic mass is 10.0. The molecule has 3 N–H and O–H groups in total. The van der Waals surface area contributed by atoms with Gasteiger partial charge >= 0.3 is 0 Å². The van der Waals surface area contributed by atoms with Crippen molar-refractivity contribution in [3.63, 3.8) is 0 Å². The van der Waals surface area contributed by atoms with Gasteiger partial charge < -0.3 is 30.0 Å². The first-order valence-electron chi connectivity index (χ1n) is 13.4. The Morgan fingerprint density at radius 1 is 1.14 bits per heavy atom. The van der Waals surface area contributed by atoms with Crippen molar-refractivity contribution in [3.8, 4) is 11.5 Å². The smallest absolute Gasteiger partial charge is 0.251 e. The van der Waals surface area contributed by atoms with Crippen LogP contribution in [0.4, 0.5) is 4.39 Å². The minimum absolute atomic E-state index is 0.162. The number of hydrogen-bond acceptors (Lipinski definition) is 7. The molecule has 10 nitrogen and oxygen atoms in total. The third-order valence-electron chi connectivity index (χ3n) is 7.24. The maximum absolute atomic E-state index is 15.6. The zero-order chi connectivity index (χ0) is 29.3. The van der Waals surface area contributed by atoms with Gasteiger partial charge in [-0.15, -0.1) is 0 Å². The molecule has 6 rings (SSSR count). The largest absolute Gasteiger partial charge is 0.455 e. The summed E-state index contributed by atoms with van der Waals surface area (Å²) in [7, 11) is 1.37. The molecule has 1 fully saturated rings. The number of carbonyl (C=O) groups excluding carboxylic acids is 3. The number of alkyl halides is 1. The van der Waals surface area contributed by atoms with Crippen molar-refractivity contribution in [3.05, 3.63) is 78.2 Å². The van der Waals surface area contributed by atoms with Gasteiger partial charge in [0.25, 0.3) is 5.91 Å². The fraction of sp³-hybridized carbons (Fsp3) is 0.267.